The van der Waals surface area contributed by atoms with E-state index in [2.05, 4.69) is 5.16 Å². The standard InChI is InChI=1S/C7H13NO2.CH4/c1-7(2)4-6(5-9-3)8-10-7;/h4-5H2,1-3H3;1H4. The molecule has 0 N–H and O–H groups in total. The smallest absolute Gasteiger partial charge is 0.137 e. The average Bonchev–Trinajstić information content (AvgIpc) is 2.12. The molecule has 1 aliphatic rings. The van der Waals surface area contributed by atoms with Gasteiger partial charge in [-0.2, -0.15) is 0 Å². The molecule has 0 saturated carbocycles. The molecule has 3 heteroatoms. The number of hydrogen-bond donors (Lipinski definition) is 0. The Bertz CT molecular complexity index is 152. The van der Waals surface area contributed by atoms with E-state index in [0.717, 1.165) is 12.1 Å². The fourth-order valence-corrected chi connectivity index (χ4v) is 0.988. The monoisotopic (exact) mass is 159 g/mol. The van der Waals surface area contributed by atoms with E-state index in [1.54, 1.807) is 7.11 Å². The van der Waals surface area contributed by atoms with Gasteiger partial charge in [0.25, 0.3) is 0 Å². The molecule has 0 aromatic rings. The number of methoxy groups -OCH3 is 1. The first-order valence-corrected chi connectivity index (χ1v) is 3.37. The van der Waals surface area contributed by atoms with Crippen LogP contribution in [0.25, 0.3) is 0 Å². The summed E-state index contributed by atoms with van der Waals surface area (Å²) in [6.45, 7) is 4.61. The molecular formula is C8H17NO2. The van der Waals surface area contributed by atoms with Crippen LogP contribution in [0.15, 0.2) is 5.16 Å². The van der Waals surface area contributed by atoms with E-state index in [1.165, 1.54) is 0 Å². The minimum Gasteiger partial charge on any atom is -0.389 e. The van der Waals surface area contributed by atoms with E-state index in [1.807, 2.05) is 13.8 Å². The van der Waals surface area contributed by atoms with E-state index in [4.69, 9.17) is 9.57 Å². The van der Waals surface area contributed by atoms with Crippen molar-refractivity contribution < 1.29 is 9.57 Å². The maximum atomic E-state index is 5.11. The lowest BCUT2D eigenvalue weighted by molar-refractivity contribution is 0.0123. The zero-order valence-electron chi connectivity index (χ0n) is 6.68. The second-order valence-corrected chi connectivity index (χ2v) is 3.12. The molecular weight excluding hydrogens is 142 g/mol. The lowest BCUT2D eigenvalue weighted by atomic mass is 10.0. The van der Waals surface area contributed by atoms with Crippen molar-refractivity contribution in [1.29, 1.82) is 0 Å². The van der Waals surface area contributed by atoms with Gasteiger partial charge in [-0.25, -0.2) is 0 Å². The minimum atomic E-state index is -0.117. The highest BCUT2D eigenvalue weighted by molar-refractivity contribution is 5.87. The van der Waals surface area contributed by atoms with Crippen LogP contribution in [0.2, 0.25) is 0 Å². The first-order chi connectivity index (χ1) is 4.64. The van der Waals surface area contributed by atoms with Crippen molar-refractivity contribution in [2.75, 3.05) is 13.7 Å². The molecule has 1 aliphatic heterocycles. The Morgan fingerprint density at radius 1 is 1.64 bits per heavy atom. The summed E-state index contributed by atoms with van der Waals surface area (Å²) in [5.74, 6) is 0. The minimum absolute atomic E-state index is 0. The second kappa shape index (κ2) is 3.72. The molecule has 1 rings (SSSR count). The first-order valence-electron chi connectivity index (χ1n) is 3.37. The Balaban J connectivity index is 0.000001000. The number of nitrogens with zero attached hydrogens (tertiary/aromatic N) is 1. The van der Waals surface area contributed by atoms with Gasteiger partial charge < -0.3 is 9.57 Å². The van der Waals surface area contributed by atoms with Gasteiger partial charge in [0, 0.05) is 13.5 Å². The molecule has 0 bridgehead atoms. The zero-order chi connectivity index (χ0) is 7.61. The largest absolute Gasteiger partial charge is 0.389 e. The van der Waals surface area contributed by atoms with E-state index < -0.39 is 0 Å². The summed E-state index contributed by atoms with van der Waals surface area (Å²) in [4.78, 5) is 5.11. The van der Waals surface area contributed by atoms with Crippen LogP contribution in [0.5, 0.6) is 0 Å². The Morgan fingerprint density at radius 3 is 2.64 bits per heavy atom. The summed E-state index contributed by atoms with van der Waals surface area (Å²) >= 11 is 0. The van der Waals surface area contributed by atoms with Crippen molar-refractivity contribution in [2.24, 2.45) is 5.16 Å². The summed E-state index contributed by atoms with van der Waals surface area (Å²) in [7, 11) is 1.66. The maximum Gasteiger partial charge on any atom is 0.137 e. The molecule has 0 amide bonds. The lowest BCUT2D eigenvalue weighted by Gasteiger charge is -2.13. The van der Waals surface area contributed by atoms with Gasteiger partial charge in [0.2, 0.25) is 0 Å². The van der Waals surface area contributed by atoms with Crippen molar-refractivity contribution in [3.63, 3.8) is 0 Å². The van der Waals surface area contributed by atoms with E-state index in [0.29, 0.717) is 6.61 Å². The van der Waals surface area contributed by atoms with E-state index >= 15 is 0 Å². The van der Waals surface area contributed by atoms with Gasteiger partial charge in [0.15, 0.2) is 0 Å². The van der Waals surface area contributed by atoms with Gasteiger partial charge in [-0.15, -0.1) is 0 Å². The highest BCUT2D eigenvalue weighted by Gasteiger charge is 2.28. The fraction of sp³-hybridized carbons (Fsp3) is 0.875. The van der Waals surface area contributed by atoms with Gasteiger partial charge in [-0.1, -0.05) is 12.6 Å². The van der Waals surface area contributed by atoms with Crippen LogP contribution >= 0.6 is 0 Å². The highest BCUT2D eigenvalue weighted by atomic mass is 16.7. The fourth-order valence-electron chi connectivity index (χ4n) is 0.988. The molecule has 0 unspecified atom stereocenters. The summed E-state index contributed by atoms with van der Waals surface area (Å²) in [5, 5.41) is 3.87. The van der Waals surface area contributed by atoms with Crippen LogP contribution in [0.3, 0.4) is 0 Å². The number of hydrogen-bond acceptors (Lipinski definition) is 3. The highest BCUT2D eigenvalue weighted by Crippen LogP contribution is 2.21. The molecule has 1 heterocycles. The van der Waals surface area contributed by atoms with Crippen molar-refractivity contribution >= 4 is 5.71 Å². The Hall–Kier alpha value is -0.570. The Labute approximate surface area is 68.4 Å². The van der Waals surface area contributed by atoms with Gasteiger partial charge in [-0.3, -0.25) is 0 Å². The van der Waals surface area contributed by atoms with Crippen molar-refractivity contribution in [1.82, 2.24) is 0 Å². The zero-order valence-corrected chi connectivity index (χ0v) is 6.68. The van der Waals surface area contributed by atoms with Gasteiger partial charge in [0.1, 0.15) is 5.60 Å². The van der Waals surface area contributed by atoms with Gasteiger partial charge >= 0.3 is 0 Å². The predicted molar refractivity (Wildman–Crippen MR) is 45.8 cm³/mol. The summed E-state index contributed by atoms with van der Waals surface area (Å²) in [5.41, 5.74) is 0.876. The second-order valence-electron chi connectivity index (χ2n) is 3.12. The number of rotatable bonds is 2. The molecule has 66 valence electrons. The molecule has 0 aromatic heterocycles. The molecule has 0 fully saturated rings. The third kappa shape index (κ3) is 2.89. The Morgan fingerprint density at radius 2 is 2.27 bits per heavy atom. The number of ether oxygens (including phenoxy) is 1. The van der Waals surface area contributed by atoms with Crippen LogP contribution in [-0.4, -0.2) is 25.0 Å². The lowest BCUT2D eigenvalue weighted by Crippen LogP contribution is -2.20. The molecule has 0 radical (unpaired) electrons. The maximum absolute atomic E-state index is 5.11. The molecule has 0 aromatic carbocycles. The molecule has 0 aliphatic carbocycles. The SMILES string of the molecule is C.COCC1=NOC(C)(C)C1. The van der Waals surface area contributed by atoms with E-state index in [-0.39, 0.29) is 13.0 Å². The topological polar surface area (TPSA) is 30.8 Å². The van der Waals surface area contributed by atoms with Gasteiger partial charge in [0.05, 0.1) is 12.3 Å². The molecule has 0 atom stereocenters. The van der Waals surface area contributed by atoms with E-state index in [9.17, 15) is 0 Å². The summed E-state index contributed by atoms with van der Waals surface area (Å²) in [6, 6.07) is 0. The van der Waals surface area contributed by atoms with Crippen LogP contribution in [-0.2, 0) is 9.57 Å². The van der Waals surface area contributed by atoms with Crippen LogP contribution in [0.4, 0.5) is 0 Å². The van der Waals surface area contributed by atoms with Crippen molar-refractivity contribution in [3.8, 4) is 0 Å². The van der Waals surface area contributed by atoms with Crippen molar-refractivity contribution in [3.05, 3.63) is 0 Å². The molecule has 0 saturated heterocycles. The van der Waals surface area contributed by atoms with Crippen LogP contribution in [0, 0.1) is 0 Å². The van der Waals surface area contributed by atoms with Crippen LogP contribution in [0.1, 0.15) is 27.7 Å². The number of oxime groups is 1. The normalized spacial score (nSPS) is 20.1. The van der Waals surface area contributed by atoms with Gasteiger partial charge in [-0.05, 0) is 13.8 Å². The Kier molecular flexibility index (Phi) is 3.52. The quantitative estimate of drug-likeness (QED) is 0.615. The summed E-state index contributed by atoms with van der Waals surface area (Å²) in [6.07, 6.45) is 0.876. The predicted octanol–water partition coefficient (Wildman–Crippen LogP) is 1.82. The van der Waals surface area contributed by atoms with Crippen molar-refractivity contribution in [2.45, 2.75) is 33.3 Å². The third-order valence-electron chi connectivity index (χ3n) is 1.36. The average molecular weight is 159 g/mol. The molecule has 0 spiro atoms. The summed E-state index contributed by atoms with van der Waals surface area (Å²) < 4.78 is 4.91. The first kappa shape index (κ1) is 10.4. The molecule has 11 heavy (non-hydrogen) atoms. The molecule has 3 nitrogen and oxygen atoms in total. The third-order valence-corrected chi connectivity index (χ3v) is 1.36. The van der Waals surface area contributed by atoms with Crippen LogP contribution < -0.4 is 0 Å².